The van der Waals surface area contributed by atoms with Crippen molar-refractivity contribution in [1.29, 1.82) is 0 Å². The molecule has 3 N–H and O–H groups in total. The molecule has 2 aliphatic rings. The molecule has 0 atom stereocenters. The number of hydrogen-bond acceptors (Lipinski definition) is 4. The van der Waals surface area contributed by atoms with Crippen LogP contribution in [0.3, 0.4) is 0 Å². The fourth-order valence-corrected chi connectivity index (χ4v) is 3.46. The Morgan fingerprint density at radius 2 is 1.93 bits per heavy atom. The van der Waals surface area contributed by atoms with Crippen LogP contribution in [-0.4, -0.2) is 45.6 Å². The predicted octanol–water partition coefficient (Wildman–Crippen LogP) is 2.28. The maximum absolute atomic E-state index is 12.8. The number of piperidine rings is 1. The molecule has 1 aromatic heterocycles. The van der Waals surface area contributed by atoms with E-state index in [9.17, 15) is 9.59 Å². The van der Waals surface area contributed by atoms with Gasteiger partial charge < -0.3 is 16.0 Å². The molecule has 0 spiro atoms. The van der Waals surface area contributed by atoms with Gasteiger partial charge in [-0.3, -0.25) is 9.59 Å². The Kier molecular flexibility index (Phi) is 4.59. The van der Waals surface area contributed by atoms with Gasteiger partial charge in [-0.05, 0) is 56.7 Å². The number of aromatic nitrogens is 2. The third-order valence-corrected chi connectivity index (χ3v) is 5.29. The summed E-state index contributed by atoms with van der Waals surface area (Å²) in [6.45, 7) is 3.46. The van der Waals surface area contributed by atoms with E-state index in [4.69, 9.17) is 5.73 Å². The fraction of sp³-hybridized carbons (Fsp3) is 0.450. The van der Waals surface area contributed by atoms with Crippen LogP contribution in [0.1, 0.15) is 58.4 Å². The van der Waals surface area contributed by atoms with Crippen LogP contribution in [0.25, 0.3) is 5.69 Å². The highest BCUT2D eigenvalue weighted by molar-refractivity contribution is 5.99. The van der Waals surface area contributed by atoms with Gasteiger partial charge in [-0.1, -0.05) is 6.07 Å². The minimum absolute atomic E-state index is 0.0706. The molecule has 2 fully saturated rings. The number of nitrogen functional groups attached to an aromatic ring is 1. The van der Waals surface area contributed by atoms with Gasteiger partial charge in [0.2, 0.25) is 0 Å². The largest absolute Gasteiger partial charge is 0.383 e. The van der Waals surface area contributed by atoms with Crippen molar-refractivity contribution in [2.75, 3.05) is 18.8 Å². The Morgan fingerprint density at radius 1 is 1.19 bits per heavy atom. The summed E-state index contributed by atoms with van der Waals surface area (Å²) in [5, 5.41) is 7.34. The van der Waals surface area contributed by atoms with Crippen LogP contribution in [0.5, 0.6) is 0 Å². The molecule has 1 aromatic carbocycles. The number of hydrogen-bond donors (Lipinski definition) is 2. The number of carbonyl (C=O) groups is 2. The van der Waals surface area contributed by atoms with Crippen LogP contribution in [0.15, 0.2) is 24.4 Å². The number of benzene rings is 1. The van der Waals surface area contributed by atoms with Crippen LogP contribution >= 0.6 is 0 Å². The second-order valence-electron chi connectivity index (χ2n) is 7.46. The van der Waals surface area contributed by atoms with E-state index < -0.39 is 0 Å². The molecule has 0 radical (unpaired) electrons. The molecule has 1 aliphatic heterocycles. The number of likely N-dealkylation sites (tertiary alicyclic amines) is 1. The first-order valence-electron chi connectivity index (χ1n) is 9.59. The van der Waals surface area contributed by atoms with E-state index in [-0.39, 0.29) is 11.8 Å². The number of anilines is 1. The molecule has 1 saturated carbocycles. The molecule has 2 amide bonds. The third-order valence-electron chi connectivity index (χ3n) is 5.29. The van der Waals surface area contributed by atoms with Crippen molar-refractivity contribution in [2.24, 2.45) is 0 Å². The standard InChI is InChI=1S/C20H25N5O2/c1-13-5-6-14(19(26)23-15-7-8-15)11-17(13)25-18(21)16(12-22-25)20(27)24-9-3-2-4-10-24/h5-6,11-12,15H,2-4,7-10,21H2,1H3,(H,23,26). The Labute approximate surface area is 158 Å². The van der Waals surface area contributed by atoms with Crippen molar-refractivity contribution in [2.45, 2.75) is 45.1 Å². The monoisotopic (exact) mass is 367 g/mol. The number of aryl methyl sites for hydroxylation is 1. The van der Waals surface area contributed by atoms with Gasteiger partial charge in [0.05, 0.1) is 11.9 Å². The lowest BCUT2D eigenvalue weighted by Crippen LogP contribution is -2.35. The van der Waals surface area contributed by atoms with E-state index in [1.54, 1.807) is 16.8 Å². The van der Waals surface area contributed by atoms with Crippen LogP contribution < -0.4 is 11.1 Å². The fourth-order valence-electron chi connectivity index (χ4n) is 3.46. The molecule has 0 unspecified atom stereocenters. The van der Waals surface area contributed by atoms with Crippen molar-refractivity contribution < 1.29 is 9.59 Å². The van der Waals surface area contributed by atoms with Crippen molar-refractivity contribution >= 4 is 17.6 Å². The molecule has 4 rings (SSSR count). The summed E-state index contributed by atoms with van der Waals surface area (Å²) in [6, 6.07) is 5.76. The van der Waals surface area contributed by atoms with Gasteiger partial charge in [0.25, 0.3) is 11.8 Å². The molecule has 27 heavy (non-hydrogen) atoms. The number of rotatable bonds is 4. The van der Waals surface area contributed by atoms with E-state index >= 15 is 0 Å². The Bertz CT molecular complexity index is 878. The normalized spacial score (nSPS) is 17.0. The highest BCUT2D eigenvalue weighted by Crippen LogP contribution is 2.24. The number of nitrogens with one attached hydrogen (secondary N) is 1. The van der Waals surface area contributed by atoms with Gasteiger partial charge in [0.15, 0.2) is 0 Å². The summed E-state index contributed by atoms with van der Waals surface area (Å²) in [5.41, 5.74) is 8.92. The van der Waals surface area contributed by atoms with Crippen molar-refractivity contribution in [3.63, 3.8) is 0 Å². The maximum atomic E-state index is 12.8. The average molecular weight is 367 g/mol. The zero-order valence-corrected chi connectivity index (χ0v) is 15.6. The predicted molar refractivity (Wildman–Crippen MR) is 103 cm³/mol. The Hall–Kier alpha value is -2.83. The number of nitrogens with two attached hydrogens (primary N) is 1. The summed E-state index contributed by atoms with van der Waals surface area (Å²) in [5.74, 6) is 0.154. The lowest BCUT2D eigenvalue weighted by Gasteiger charge is -2.26. The smallest absolute Gasteiger partial charge is 0.259 e. The maximum Gasteiger partial charge on any atom is 0.259 e. The minimum Gasteiger partial charge on any atom is -0.383 e. The second kappa shape index (κ2) is 7.06. The molecule has 2 heterocycles. The van der Waals surface area contributed by atoms with Gasteiger partial charge in [0.1, 0.15) is 11.4 Å². The molecule has 0 bridgehead atoms. The molecule has 7 heteroatoms. The van der Waals surface area contributed by atoms with E-state index in [1.807, 2.05) is 17.9 Å². The zero-order chi connectivity index (χ0) is 19.0. The number of nitrogens with zero attached hydrogens (tertiary/aromatic N) is 3. The van der Waals surface area contributed by atoms with Gasteiger partial charge >= 0.3 is 0 Å². The number of carbonyl (C=O) groups excluding carboxylic acids is 2. The van der Waals surface area contributed by atoms with Crippen LogP contribution in [0.2, 0.25) is 0 Å². The molecule has 142 valence electrons. The third kappa shape index (κ3) is 3.54. The highest BCUT2D eigenvalue weighted by atomic mass is 16.2. The van der Waals surface area contributed by atoms with E-state index in [1.165, 1.54) is 6.20 Å². The first kappa shape index (κ1) is 17.6. The summed E-state index contributed by atoms with van der Waals surface area (Å²) in [6.07, 6.45) is 6.82. The number of amides is 2. The molecule has 7 nitrogen and oxygen atoms in total. The summed E-state index contributed by atoms with van der Waals surface area (Å²) >= 11 is 0. The molecule has 1 saturated heterocycles. The zero-order valence-electron chi connectivity index (χ0n) is 15.6. The lowest BCUT2D eigenvalue weighted by atomic mass is 10.1. The van der Waals surface area contributed by atoms with Crippen molar-refractivity contribution in [1.82, 2.24) is 20.0 Å². The summed E-state index contributed by atoms with van der Waals surface area (Å²) in [4.78, 5) is 27.0. The molecular weight excluding hydrogens is 342 g/mol. The van der Waals surface area contributed by atoms with E-state index in [2.05, 4.69) is 10.4 Å². The van der Waals surface area contributed by atoms with Crippen LogP contribution in [0.4, 0.5) is 5.82 Å². The lowest BCUT2D eigenvalue weighted by molar-refractivity contribution is 0.0725. The first-order valence-corrected chi connectivity index (χ1v) is 9.59. The van der Waals surface area contributed by atoms with Gasteiger partial charge in [-0.2, -0.15) is 5.10 Å². The SMILES string of the molecule is Cc1ccc(C(=O)NC2CC2)cc1-n1ncc(C(=O)N2CCCCC2)c1N. The topological polar surface area (TPSA) is 93.2 Å². The summed E-state index contributed by atoms with van der Waals surface area (Å²) in [7, 11) is 0. The highest BCUT2D eigenvalue weighted by Gasteiger charge is 2.25. The van der Waals surface area contributed by atoms with Crippen LogP contribution in [0, 0.1) is 6.92 Å². The Morgan fingerprint density at radius 3 is 2.63 bits per heavy atom. The molecular formula is C20H25N5O2. The quantitative estimate of drug-likeness (QED) is 0.867. The molecule has 2 aromatic rings. The minimum atomic E-state index is -0.0888. The molecule has 1 aliphatic carbocycles. The van der Waals surface area contributed by atoms with Crippen molar-refractivity contribution in [3.05, 3.63) is 41.1 Å². The second-order valence-corrected chi connectivity index (χ2v) is 7.46. The van der Waals surface area contributed by atoms with Gasteiger partial charge in [-0.15, -0.1) is 0 Å². The summed E-state index contributed by atoms with van der Waals surface area (Å²) < 4.78 is 1.56. The average Bonchev–Trinajstić information content (AvgIpc) is 3.42. The first-order chi connectivity index (χ1) is 13.0. The van der Waals surface area contributed by atoms with Gasteiger partial charge in [0, 0.05) is 24.7 Å². The van der Waals surface area contributed by atoms with Gasteiger partial charge in [-0.25, -0.2) is 4.68 Å². The van der Waals surface area contributed by atoms with E-state index in [0.717, 1.165) is 50.8 Å². The van der Waals surface area contributed by atoms with Crippen molar-refractivity contribution in [3.8, 4) is 5.69 Å². The van der Waals surface area contributed by atoms with E-state index in [0.29, 0.717) is 28.7 Å². The van der Waals surface area contributed by atoms with Crippen LogP contribution in [-0.2, 0) is 0 Å². The Balaban J connectivity index is 1.62.